The molecule has 4 heteroatoms. The summed E-state index contributed by atoms with van der Waals surface area (Å²) >= 11 is 5.80. The van der Waals surface area contributed by atoms with Crippen LogP contribution in [0.15, 0.2) is 36.7 Å². The molecule has 1 aromatic heterocycles. The van der Waals surface area contributed by atoms with Gasteiger partial charge in [-0.15, -0.1) is 0 Å². The molecule has 0 atom stereocenters. The third-order valence-corrected chi connectivity index (χ3v) is 2.28. The fraction of sp³-hybridized carbons (Fsp3) is 0.0833. The van der Waals surface area contributed by atoms with Crippen molar-refractivity contribution in [3.8, 4) is 11.5 Å². The number of pyridine rings is 1. The van der Waals surface area contributed by atoms with Gasteiger partial charge in [-0.1, -0.05) is 17.7 Å². The van der Waals surface area contributed by atoms with E-state index in [1.54, 1.807) is 18.5 Å². The minimum absolute atomic E-state index is 0.531. The molecule has 0 aliphatic rings. The Bertz CT molecular complexity index is 514. The fourth-order valence-electron chi connectivity index (χ4n) is 1.34. The van der Waals surface area contributed by atoms with Gasteiger partial charge in [0.2, 0.25) is 0 Å². The van der Waals surface area contributed by atoms with E-state index in [0.717, 1.165) is 5.56 Å². The van der Waals surface area contributed by atoms with Crippen LogP contribution in [0, 0.1) is 6.92 Å². The van der Waals surface area contributed by atoms with E-state index in [4.69, 9.17) is 22.1 Å². The Morgan fingerprint density at radius 1 is 1.25 bits per heavy atom. The summed E-state index contributed by atoms with van der Waals surface area (Å²) in [7, 11) is 0. The van der Waals surface area contributed by atoms with Gasteiger partial charge in [0.15, 0.2) is 0 Å². The van der Waals surface area contributed by atoms with Crippen LogP contribution in [0.25, 0.3) is 0 Å². The molecule has 0 bridgehead atoms. The largest absolute Gasteiger partial charge is 0.454 e. The average molecular weight is 235 g/mol. The quantitative estimate of drug-likeness (QED) is 0.810. The lowest BCUT2D eigenvalue weighted by Crippen LogP contribution is -1.92. The van der Waals surface area contributed by atoms with Crippen molar-refractivity contribution >= 4 is 17.3 Å². The van der Waals surface area contributed by atoms with Crippen LogP contribution in [0.3, 0.4) is 0 Å². The van der Waals surface area contributed by atoms with Gasteiger partial charge >= 0.3 is 0 Å². The summed E-state index contributed by atoms with van der Waals surface area (Å²) in [4.78, 5) is 3.93. The number of hydrogen-bond donors (Lipinski definition) is 1. The monoisotopic (exact) mass is 234 g/mol. The van der Waals surface area contributed by atoms with Gasteiger partial charge in [0, 0.05) is 12.3 Å². The third kappa shape index (κ3) is 2.44. The normalized spacial score (nSPS) is 10.1. The summed E-state index contributed by atoms with van der Waals surface area (Å²) in [5, 5.41) is 0.531. The maximum Gasteiger partial charge on any atom is 0.150 e. The Morgan fingerprint density at radius 3 is 2.75 bits per heavy atom. The van der Waals surface area contributed by atoms with Crippen LogP contribution in [0.4, 0.5) is 5.69 Å². The maximum atomic E-state index is 5.83. The molecule has 0 aliphatic carbocycles. The molecule has 1 heterocycles. The molecule has 2 aromatic rings. The number of aromatic nitrogens is 1. The highest BCUT2D eigenvalue weighted by Gasteiger charge is 2.03. The van der Waals surface area contributed by atoms with Gasteiger partial charge in [0.25, 0.3) is 0 Å². The van der Waals surface area contributed by atoms with E-state index < -0.39 is 0 Å². The van der Waals surface area contributed by atoms with Crippen LogP contribution in [-0.4, -0.2) is 4.98 Å². The minimum Gasteiger partial charge on any atom is -0.454 e. The van der Waals surface area contributed by atoms with E-state index in [2.05, 4.69) is 4.98 Å². The summed E-state index contributed by atoms with van der Waals surface area (Å²) in [5.41, 5.74) is 7.52. The Kier molecular flexibility index (Phi) is 2.97. The molecular weight excluding hydrogens is 224 g/mol. The zero-order valence-corrected chi connectivity index (χ0v) is 9.53. The van der Waals surface area contributed by atoms with Crippen LogP contribution in [0.5, 0.6) is 11.5 Å². The highest BCUT2D eigenvalue weighted by Crippen LogP contribution is 2.28. The second-order valence-electron chi connectivity index (χ2n) is 3.48. The number of benzene rings is 1. The van der Waals surface area contributed by atoms with E-state index in [1.807, 2.05) is 25.1 Å². The second-order valence-corrected chi connectivity index (χ2v) is 3.92. The molecule has 0 saturated carbocycles. The first kappa shape index (κ1) is 10.8. The first-order chi connectivity index (χ1) is 7.65. The first-order valence-electron chi connectivity index (χ1n) is 4.80. The Labute approximate surface area is 98.8 Å². The highest BCUT2D eigenvalue weighted by molar-refractivity contribution is 6.30. The van der Waals surface area contributed by atoms with Crippen molar-refractivity contribution in [2.75, 3.05) is 5.73 Å². The maximum absolute atomic E-state index is 5.83. The van der Waals surface area contributed by atoms with Gasteiger partial charge in [0.05, 0.1) is 16.9 Å². The van der Waals surface area contributed by atoms with Crippen LogP contribution >= 0.6 is 11.6 Å². The van der Waals surface area contributed by atoms with Crippen molar-refractivity contribution in [1.82, 2.24) is 4.98 Å². The summed E-state index contributed by atoms with van der Waals surface area (Å²) in [6, 6.07) is 7.30. The van der Waals surface area contributed by atoms with E-state index in [1.165, 1.54) is 0 Å². The molecule has 82 valence electrons. The van der Waals surface area contributed by atoms with Crippen molar-refractivity contribution < 1.29 is 4.74 Å². The van der Waals surface area contributed by atoms with Gasteiger partial charge in [0.1, 0.15) is 11.5 Å². The molecule has 0 amide bonds. The molecule has 1 aromatic carbocycles. The first-order valence-corrected chi connectivity index (χ1v) is 5.17. The van der Waals surface area contributed by atoms with E-state index in [9.17, 15) is 0 Å². The van der Waals surface area contributed by atoms with Crippen LogP contribution in [-0.2, 0) is 0 Å². The zero-order chi connectivity index (χ0) is 11.5. The molecule has 2 rings (SSSR count). The predicted molar refractivity (Wildman–Crippen MR) is 64.9 cm³/mol. The average Bonchev–Trinajstić information content (AvgIpc) is 2.22. The van der Waals surface area contributed by atoms with Crippen molar-refractivity contribution in [1.29, 1.82) is 0 Å². The Hall–Kier alpha value is -1.74. The molecule has 0 fully saturated rings. The van der Waals surface area contributed by atoms with Crippen LogP contribution < -0.4 is 10.5 Å². The van der Waals surface area contributed by atoms with Crippen molar-refractivity contribution in [2.45, 2.75) is 6.92 Å². The van der Waals surface area contributed by atoms with Gasteiger partial charge in [-0.05, 0) is 24.6 Å². The van der Waals surface area contributed by atoms with E-state index >= 15 is 0 Å². The highest BCUT2D eigenvalue weighted by atomic mass is 35.5. The molecule has 0 radical (unpaired) electrons. The predicted octanol–water partition coefficient (Wildman–Crippen LogP) is 3.42. The van der Waals surface area contributed by atoms with E-state index in [-0.39, 0.29) is 0 Å². The number of anilines is 1. The summed E-state index contributed by atoms with van der Waals surface area (Å²) in [6.07, 6.45) is 3.14. The van der Waals surface area contributed by atoms with Gasteiger partial charge in [-0.25, -0.2) is 0 Å². The molecular formula is C12H11ClN2O. The van der Waals surface area contributed by atoms with Crippen LogP contribution in [0.1, 0.15) is 5.56 Å². The number of aryl methyl sites for hydroxylation is 1. The van der Waals surface area contributed by atoms with Crippen LogP contribution in [0.2, 0.25) is 5.02 Å². The summed E-state index contributed by atoms with van der Waals surface area (Å²) in [6.45, 7) is 1.97. The number of nitrogen functional groups attached to an aromatic ring is 1. The lowest BCUT2D eigenvalue weighted by Gasteiger charge is -2.08. The smallest absolute Gasteiger partial charge is 0.150 e. The van der Waals surface area contributed by atoms with Gasteiger partial charge in [-0.2, -0.15) is 0 Å². The summed E-state index contributed by atoms with van der Waals surface area (Å²) in [5.74, 6) is 1.18. The van der Waals surface area contributed by atoms with Crippen molar-refractivity contribution in [3.63, 3.8) is 0 Å². The number of hydrogen-bond acceptors (Lipinski definition) is 3. The number of ether oxygens (including phenoxy) is 1. The Balaban J connectivity index is 2.27. The molecule has 3 nitrogen and oxygen atoms in total. The number of nitrogens with zero attached hydrogens (tertiary/aromatic N) is 1. The molecule has 0 aliphatic heterocycles. The SMILES string of the molecule is Cc1ccc(Oc2cncc(Cl)c2)c(N)c1. The lowest BCUT2D eigenvalue weighted by atomic mass is 10.2. The standard InChI is InChI=1S/C12H11ClN2O/c1-8-2-3-12(11(14)4-8)16-10-5-9(13)6-15-7-10/h2-7H,14H2,1H3. The van der Waals surface area contributed by atoms with E-state index in [0.29, 0.717) is 22.2 Å². The molecule has 0 spiro atoms. The number of halogens is 1. The topological polar surface area (TPSA) is 48.1 Å². The van der Waals surface area contributed by atoms with Crippen molar-refractivity contribution in [3.05, 3.63) is 47.2 Å². The third-order valence-electron chi connectivity index (χ3n) is 2.07. The molecule has 0 saturated heterocycles. The van der Waals surface area contributed by atoms with Crippen molar-refractivity contribution in [2.24, 2.45) is 0 Å². The molecule has 0 unspecified atom stereocenters. The molecule has 16 heavy (non-hydrogen) atoms. The number of rotatable bonds is 2. The second kappa shape index (κ2) is 4.41. The van der Waals surface area contributed by atoms with Gasteiger partial charge in [-0.3, -0.25) is 4.98 Å². The zero-order valence-electron chi connectivity index (χ0n) is 8.77. The molecule has 2 N–H and O–H groups in total. The fourth-order valence-corrected chi connectivity index (χ4v) is 1.50. The lowest BCUT2D eigenvalue weighted by molar-refractivity contribution is 0.482. The number of nitrogens with two attached hydrogens (primary N) is 1. The van der Waals surface area contributed by atoms with Gasteiger partial charge < -0.3 is 10.5 Å². The Morgan fingerprint density at radius 2 is 2.06 bits per heavy atom. The minimum atomic E-state index is 0.531. The summed E-state index contributed by atoms with van der Waals surface area (Å²) < 4.78 is 5.57.